The zero-order valence-corrected chi connectivity index (χ0v) is 15.8. The van der Waals surface area contributed by atoms with Gasteiger partial charge in [0, 0.05) is 16.9 Å². The fourth-order valence-corrected chi connectivity index (χ4v) is 3.98. The maximum atomic E-state index is 12.5. The van der Waals surface area contributed by atoms with E-state index in [9.17, 15) is 4.79 Å². The Bertz CT molecular complexity index is 918. The fraction of sp³-hybridized carbons (Fsp3) is 0.294. The Hall–Kier alpha value is -2.39. The maximum Gasteiger partial charge on any atom is 0.239 e. The molecule has 9 heteroatoms. The number of benzene rings is 1. The van der Waals surface area contributed by atoms with Crippen LogP contribution in [0.15, 0.2) is 40.9 Å². The van der Waals surface area contributed by atoms with Crippen LogP contribution in [0.25, 0.3) is 11.3 Å². The molecule has 3 N–H and O–H groups in total. The Morgan fingerprint density at radius 3 is 2.85 bits per heavy atom. The number of nitrogens with two attached hydrogens (primary N) is 1. The summed E-state index contributed by atoms with van der Waals surface area (Å²) in [6.07, 6.45) is 2.20. The van der Waals surface area contributed by atoms with Gasteiger partial charge in [-0.05, 0) is 19.8 Å². The van der Waals surface area contributed by atoms with E-state index in [4.69, 9.17) is 5.84 Å². The Balaban J connectivity index is 1.39. The summed E-state index contributed by atoms with van der Waals surface area (Å²) in [5.74, 6) is 7.12. The normalized spacial score (nSPS) is 15.0. The standard InChI is InChI=1S/C17H18N6OS2/c1-10(26-17-22-21-14(23(17)18)12-7-8-12)15(24)20-16-19-13(9-25-16)11-5-3-2-4-6-11/h2-6,9-10,12H,7-8,18H2,1H3,(H,19,20,24)/t10-/m1/s1. The van der Waals surface area contributed by atoms with E-state index in [-0.39, 0.29) is 11.2 Å². The summed E-state index contributed by atoms with van der Waals surface area (Å²) in [5.41, 5.74) is 1.87. The van der Waals surface area contributed by atoms with Gasteiger partial charge in [-0.25, -0.2) is 9.66 Å². The second kappa shape index (κ2) is 7.08. The Labute approximate surface area is 159 Å². The van der Waals surface area contributed by atoms with Gasteiger partial charge in [-0.1, -0.05) is 42.1 Å². The van der Waals surface area contributed by atoms with Crippen LogP contribution in [0.1, 0.15) is 31.5 Å². The van der Waals surface area contributed by atoms with E-state index >= 15 is 0 Å². The number of aromatic nitrogens is 4. The van der Waals surface area contributed by atoms with E-state index in [0.29, 0.717) is 16.2 Å². The molecule has 0 aliphatic heterocycles. The lowest BCUT2D eigenvalue weighted by atomic mass is 10.2. The van der Waals surface area contributed by atoms with Crippen molar-refractivity contribution < 1.29 is 4.79 Å². The number of carbonyl (C=O) groups is 1. The zero-order valence-electron chi connectivity index (χ0n) is 14.1. The summed E-state index contributed by atoms with van der Waals surface area (Å²) in [6, 6.07) is 9.87. The quantitative estimate of drug-likeness (QED) is 0.499. The first-order valence-electron chi connectivity index (χ1n) is 8.30. The highest BCUT2D eigenvalue weighted by atomic mass is 32.2. The first-order chi connectivity index (χ1) is 12.6. The van der Waals surface area contributed by atoms with E-state index in [2.05, 4.69) is 20.5 Å². The second-order valence-electron chi connectivity index (χ2n) is 6.14. The first-order valence-corrected chi connectivity index (χ1v) is 10.1. The molecule has 0 saturated heterocycles. The molecular weight excluding hydrogens is 368 g/mol. The van der Waals surface area contributed by atoms with Gasteiger partial charge in [0.15, 0.2) is 11.0 Å². The van der Waals surface area contributed by atoms with Crippen LogP contribution in [-0.4, -0.2) is 31.0 Å². The minimum atomic E-state index is -0.363. The summed E-state index contributed by atoms with van der Waals surface area (Å²) >= 11 is 2.70. The van der Waals surface area contributed by atoms with Crippen molar-refractivity contribution in [1.29, 1.82) is 0 Å². The lowest BCUT2D eigenvalue weighted by molar-refractivity contribution is -0.115. The highest BCUT2D eigenvalue weighted by molar-refractivity contribution is 8.00. The average molecular weight is 387 g/mol. The molecule has 4 rings (SSSR count). The van der Waals surface area contributed by atoms with Crippen LogP contribution < -0.4 is 11.2 Å². The molecule has 1 aliphatic rings. The van der Waals surface area contributed by atoms with E-state index in [1.165, 1.54) is 27.8 Å². The molecular formula is C17H18N6OS2. The van der Waals surface area contributed by atoms with Gasteiger partial charge >= 0.3 is 0 Å². The number of thioether (sulfide) groups is 1. The van der Waals surface area contributed by atoms with Gasteiger partial charge < -0.3 is 11.2 Å². The third kappa shape index (κ3) is 3.58. The second-order valence-corrected chi connectivity index (χ2v) is 8.30. The van der Waals surface area contributed by atoms with Gasteiger partial charge in [-0.3, -0.25) is 4.79 Å². The predicted molar refractivity (Wildman–Crippen MR) is 104 cm³/mol. The number of amides is 1. The van der Waals surface area contributed by atoms with Crippen molar-refractivity contribution in [1.82, 2.24) is 19.9 Å². The summed E-state index contributed by atoms with van der Waals surface area (Å²) < 4.78 is 1.50. The van der Waals surface area contributed by atoms with Crippen molar-refractivity contribution in [2.24, 2.45) is 0 Å². The fourth-order valence-electron chi connectivity index (χ4n) is 2.48. The Morgan fingerprint density at radius 2 is 2.12 bits per heavy atom. The van der Waals surface area contributed by atoms with Crippen molar-refractivity contribution in [3.63, 3.8) is 0 Å². The number of nitrogens with one attached hydrogen (secondary N) is 1. The van der Waals surface area contributed by atoms with Crippen molar-refractivity contribution in [3.8, 4) is 11.3 Å². The number of carbonyl (C=O) groups excluding carboxylic acids is 1. The zero-order chi connectivity index (χ0) is 18.1. The molecule has 1 aromatic carbocycles. The molecule has 134 valence electrons. The SMILES string of the molecule is C[C@@H](Sc1nnc(C2CC2)n1N)C(=O)Nc1nc(-c2ccccc2)cs1. The van der Waals surface area contributed by atoms with Crippen LogP contribution in [0.3, 0.4) is 0 Å². The molecule has 0 spiro atoms. The predicted octanol–water partition coefficient (Wildman–Crippen LogP) is 3.11. The van der Waals surface area contributed by atoms with Crippen molar-refractivity contribution in [2.45, 2.75) is 36.1 Å². The maximum absolute atomic E-state index is 12.5. The lowest BCUT2D eigenvalue weighted by Gasteiger charge is -2.09. The molecule has 3 aromatic rings. The van der Waals surface area contributed by atoms with E-state index < -0.39 is 0 Å². The first kappa shape index (κ1) is 17.0. The van der Waals surface area contributed by atoms with Crippen LogP contribution in [-0.2, 0) is 4.79 Å². The van der Waals surface area contributed by atoms with Crippen LogP contribution in [0.4, 0.5) is 5.13 Å². The highest BCUT2D eigenvalue weighted by Crippen LogP contribution is 2.39. The van der Waals surface area contributed by atoms with E-state index in [0.717, 1.165) is 29.9 Å². The van der Waals surface area contributed by atoms with Crippen molar-refractivity contribution >= 4 is 34.1 Å². The number of hydrogen-bond acceptors (Lipinski definition) is 7. The van der Waals surface area contributed by atoms with E-state index in [1.807, 2.05) is 42.6 Å². The Morgan fingerprint density at radius 1 is 1.35 bits per heavy atom. The molecule has 7 nitrogen and oxygen atoms in total. The van der Waals surface area contributed by atoms with Crippen LogP contribution in [0.2, 0.25) is 0 Å². The van der Waals surface area contributed by atoms with Crippen LogP contribution >= 0.6 is 23.1 Å². The van der Waals surface area contributed by atoms with Crippen molar-refractivity contribution in [2.75, 3.05) is 11.2 Å². The minimum absolute atomic E-state index is 0.139. The molecule has 2 aromatic heterocycles. The molecule has 1 fully saturated rings. The van der Waals surface area contributed by atoms with Crippen LogP contribution in [0.5, 0.6) is 0 Å². The number of nitrogens with zero attached hydrogens (tertiary/aromatic N) is 4. The number of thiazole rings is 1. The molecule has 0 unspecified atom stereocenters. The van der Waals surface area contributed by atoms with Gasteiger partial charge in [0.05, 0.1) is 10.9 Å². The van der Waals surface area contributed by atoms with Gasteiger partial charge in [0.2, 0.25) is 11.1 Å². The molecule has 26 heavy (non-hydrogen) atoms. The summed E-state index contributed by atoms with van der Waals surface area (Å²) in [7, 11) is 0. The molecule has 2 heterocycles. The van der Waals surface area contributed by atoms with Gasteiger partial charge in [0.1, 0.15) is 0 Å². The number of nitrogen functional groups attached to an aromatic ring is 1. The van der Waals surface area contributed by atoms with Crippen molar-refractivity contribution in [3.05, 3.63) is 41.5 Å². The number of hydrogen-bond donors (Lipinski definition) is 2. The number of rotatable bonds is 6. The summed E-state index contributed by atoms with van der Waals surface area (Å²) in [4.78, 5) is 16.9. The minimum Gasteiger partial charge on any atom is -0.336 e. The average Bonchev–Trinajstić information content (AvgIpc) is 3.28. The molecule has 1 saturated carbocycles. The molecule has 0 radical (unpaired) electrons. The molecule has 0 bridgehead atoms. The third-order valence-electron chi connectivity index (χ3n) is 4.09. The molecule has 1 atom stereocenters. The lowest BCUT2D eigenvalue weighted by Crippen LogP contribution is -2.23. The molecule has 1 amide bonds. The Kier molecular flexibility index (Phi) is 4.64. The third-order valence-corrected chi connectivity index (χ3v) is 5.90. The summed E-state index contributed by atoms with van der Waals surface area (Å²) in [6.45, 7) is 1.82. The van der Waals surface area contributed by atoms with Gasteiger partial charge in [0.25, 0.3) is 0 Å². The number of anilines is 1. The van der Waals surface area contributed by atoms with Gasteiger partial charge in [-0.15, -0.1) is 21.5 Å². The van der Waals surface area contributed by atoms with Crippen LogP contribution in [0, 0.1) is 0 Å². The summed E-state index contributed by atoms with van der Waals surface area (Å²) in [5, 5.41) is 13.8. The largest absolute Gasteiger partial charge is 0.336 e. The smallest absolute Gasteiger partial charge is 0.239 e. The topological polar surface area (TPSA) is 98.7 Å². The van der Waals surface area contributed by atoms with Gasteiger partial charge in [-0.2, -0.15) is 0 Å². The molecule has 1 aliphatic carbocycles. The van der Waals surface area contributed by atoms with E-state index in [1.54, 1.807) is 0 Å². The highest BCUT2D eigenvalue weighted by Gasteiger charge is 2.30. The monoisotopic (exact) mass is 386 g/mol.